The van der Waals surface area contributed by atoms with Crippen LogP contribution in [0.2, 0.25) is 0 Å². The van der Waals surface area contributed by atoms with Gasteiger partial charge in [-0.15, -0.1) is 11.8 Å². The number of hydrogen-bond acceptors (Lipinski definition) is 2. The number of rotatable bonds is 4. The van der Waals surface area contributed by atoms with Crippen molar-refractivity contribution in [1.29, 1.82) is 0 Å². The van der Waals surface area contributed by atoms with E-state index in [1.807, 2.05) is 16.7 Å². The highest BCUT2D eigenvalue weighted by Crippen LogP contribution is 2.42. The SMILES string of the molecule is CCC(C1CC1)[C@H](C)C(=O)N1CCSC1. The first-order valence-corrected chi connectivity index (χ1v) is 7.26. The zero-order valence-electron chi connectivity index (χ0n) is 9.74. The highest BCUT2D eigenvalue weighted by atomic mass is 32.2. The molecule has 2 aliphatic rings. The normalized spacial score (nSPS) is 25.3. The standard InChI is InChI=1S/C12H21NOS/c1-3-11(10-4-5-10)9(2)12(14)13-6-7-15-8-13/h9-11H,3-8H2,1-2H3/t9-,11?/m0/s1. The zero-order valence-corrected chi connectivity index (χ0v) is 10.6. The van der Waals surface area contributed by atoms with Crippen LogP contribution in [0.4, 0.5) is 0 Å². The van der Waals surface area contributed by atoms with E-state index in [9.17, 15) is 4.79 Å². The third-order valence-corrected chi connectivity index (χ3v) is 4.76. The predicted octanol–water partition coefficient (Wildman–Crippen LogP) is 2.59. The topological polar surface area (TPSA) is 20.3 Å². The fourth-order valence-electron chi connectivity index (χ4n) is 2.68. The third-order valence-electron chi connectivity index (χ3n) is 3.80. The summed E-state index contributed by atoms with van der Waals surface area (Å²) in [7, 11) is 0. The van der Waals surface area contributed by atoms with Gasteiger partial charge < -0.3 is 4.90 Å². The lowest BCUT2D eigenvalue weighted by atomic mass is 9.86. The van der Waals surface area contributed by atoms with Crippen LogP contribution in [0.15, 0.2) is 0 Å². The third kappa shape index (κ3) is 2.49. The second kappa shape index (κ2) is 4.77. The number of nitrogens with zero attached hydrogens (tertiary/aromatic N) is 1. The second-order valence-corrected chi connectivity index (χ2v) is 5.91. The summed E-state index contributed by atoms with van der Waals surface area (Å²) in [6, 6.07) is 0. The lowest BCUT2D eigenvalue weighted by Gasteiger charge is -2.26. The van der Waals surface area contributed by atoms with Crippen molar-refractivity contribution < 1.29 is 4.79 Å². The number of amides is 1. The smallest absolute Gasteiger partial charge is 0.226 e. The van der Waals surface area contributed by atoms with Crippen LogP contribution in [0.1, 0.15) is 33.1 Å². The minimum atomic E-state index is 0.251. The number of hydrogen-bond donors (Lipinski definition) is 0. The van der Waals surface area contributed by atoms with Crippen LogP contribution < -0.4 is 0 Å². The van der Waals surface area contributed by atoms with Crippen LogP contribution in [-0.2, 0) is 4.79 Å². The Morgan fingerprint density at radius 2 is 2.27 bits per heavy atom. The molecule has 2 fully saturated rings. The van der Waals surface area contributed by atoms with E-state index in [0.717, 1.165) is 24.1 Å². The maximum absolute atomic E-state index is 12.2. The van der Waals surface area contributed by atoms with Gasteiger partial charge in [0, 0.05) is 18.2 Å². The van der Waals surface area contributed by atoms with Crippen molar-refractivity contribution in [2.24, 2.45) is 17.8 Å². The van der Waals surface area contributed by atoms with E-state index in [1.54, 1.807) is 0 Å². The number of thioether (sulfide) groups is 1. The van der Waals surface area contributed by atoms with Crippen LogP contribution in [0.3, 0.4) is 0 Å². The first-order chi connectivity index (χ1) is 7.24. The lowest BCUT2D eigenvalue weighted by molar-refractivity contribution is -0.135. The molecular weight excluding hydrogens is 206 g/mol. The summed E-state index contributed by atoms with van der Waals surface area (Å²) in [6.07, 6.45) is 3.87. The molecule has 1 heterocycles. The molecule has 0 aromatic heterocycles. The number of carbonyl (C=O) groups excluding carboxylic acids is 1. The van der Waals surface area contributed by atoms with Crippen LogP contribution in [-0.4, -0.2) is 29.0 Å². The van der Waals surface area contributed by atoms with Gasteiger partial charge in [0.05, 0.1) is 5.88 Å². The van der Waals surface area contributed by atoms with Gasteiger partial charge in [-0.3, -0.25) is 4.79 Å². The molecule has 1 aliphatic carbocycles. The van der Waals surface area contributed by atoms with Gasteiger partial charge in [-0.05, 0) is 24.7 Å². The number of carbonyl (C=O) groups is 1. The molecule has 2 rings (SSSR count). The summed E-state index contributed by atoms with van der Waals surface area (Å²) in [5.41, 5.74) is 0. The summed E-state index contributed by atoms with van der Waals surface area (Å²) in [5.74, 6) is 4.19. The molecule has 86 valence electrons. The maximum atomic E-state index is 12.2. The van der Waals surface area contributed by atoms with Crippen molar-refractivity contribution in [1.82, 2.24) is 4.90 Å². The van der Waals surface area contributed by atoms with Gasteiger partial charge in [0.15, 0.2) is 0 Å². The van der Waals surface area contributed by atoms with E-state index in [0.29, 0.717) is 11.8 Å². The van der Waals surface area contributed by atoms with Crippen molar-refractivity contribution in [3.8, 4) is 0 Å². The van der Waals surface area contributed by atoms with Crippen molar-refractivity contribution >= 4 is 17.7 Å². The quantitative estimate of drug-likeness (QED) is 0.736. The van der Waals surface area contributed by atoms with Crippen LogP contribution in [0.5, 0.6) is 0 Å². The summed E-state index contributed by atoms with van der Waals surface area (Å²) in [5, 5.41) is 0. The molecule has 0 radical (unpaired) electrons. The Kier molecular flexibility index (Phi) is 3.60. The van der Waals surface area contributed by atoms with Gasteiger partial charge in [-0.25, -0.2) is 0 Å². The first-order valence-electron chi connectivity index (χ1n) is 6.10. The van der Waals surface area contributed by atoms with E-state index in [1.165, 1.54) is 19.3 Å². The average molecular weight is 227 g/mol. The van der Waals surface area contributed by atoms with E-state index in [2.05, 4.69) is 13.8 Å². The highest BCUT2D eigenvalue weighted by molar-refractivity contribution is 7.99. The molecule has 0 spiro atoms. The zero-order chi connectivity index (χ0) is 10.8. The molecule has 1 unspecified atom stereocenters. The van der Waals surface area contributed by atoms with Crippen LogP contribution >= 0.6 is 11.8 Å². The summed E-state index contributed by atoms with van der Waals surface area (Å²) in [4.78, 5) is 14.2. The van der Waals surface area contributed by atoms with Crippen molar-refractivity contribution in [2.45, 2.75) is 33.1 Å². The molecule has 0 aromatic carbocycles. The van der Waals surface area contributed by atoms with Gasteiger partial charge in [0.2, 0.25) is 5.91 Å². The molecule has 0 N–H and O–H groups in total. The Morgan fingerprint density at radius 1 is 1.53 bits per heavy atom. The molecule has 2 atom stereocenters. The first kappa shape index (κ1) is 11.3. The Hall–Kier alpha value is -0.180. The van der Waals surface area contributed by atoms with Gasteiger partial charge in [0.1, 0.15) is 0 Å². The maximum Gasteiger partial charge on any atom is 0.226 e. The second-order valence-electron chi connectivity index (χ2n) is 4.84. The molecule has 1 aliphatic heterocycles. The molecule has 0 bridgehead atoms. The fraction of sp³-hybridized carbons (Fsp3) is 0.917. The van der Waals surface area contributed by atoms with Gasteiger partial charge in [-0.1, -0.05) is 20.3 Å². The summed E-state index contributed by atoms with van der Waals surface area (Å²) in [6.45, 7) is 5.33. The Balaban J connectivity index is 1.92. The van der Waals surface area contributed by atoms with Crippen LogP contribution in [0.25, 0.3) is 0 Å². The molecule has 1 saturated heterocycles. The van der Waals surface area contributed by atoms with Gasteiger partial charge in [0.25, 0.3) is 0 Å². The van der Waals surface area contributed by atoms with Crippen molar-refractivity contribution in [3.05, 3.63) is 0 Å². The largest absolute Gasteiger partial charge is 0.332 e. The minimum Gasteiger partial charge on any atom is -0.332 e. The molecular formula is C12H21NOS. The molecule has 3 heteroatoms. The van der Waals surface area contributed by atoms with E-state index in [-0.39, 0.29) is 5.92 Å². The Bertz CT molecular complexity index is 234. The fourth-order valence-corrected chi connectivity index (χ4v) is 3.63. The van der Waals surface area contributed by atoms with E-state index < -0.39 is 0 Å². The molecule has 0 aromatic rings. The van der Waals surface area contributed by atoms with Crippen molar-refractivity contribution in [2.75, 3.05) is 18.2 Å². The highest BCUT2D eigenvalue weighted by Gasteiger charge is 2.37. The lowest BCUT2D eigenvalue weighted by Crippen LogP contribution is -2.36. The Morgan fingerprint density at radius 3 is 2.73 bits per heavy atom. The average Bonchev–Trinajstić information content (AvgIpc) is 2.93. The Labute approximate surface area is 96.8 Å². The molecule has 1 saturated carbocycles. The molecule has 2 nitrogen and oxygen atoms in total. The minimum absolute atomic E-state index is 0.251. The van der Waals surface area contributed by atoms with Gasteiger partial charge >= 0.3 is 0 Å². The summed E-state index contributed by atoms with van der Waals surface area (Å²) < 4.78 is 0. The van der Waals surface area contributed by atoms with Gasteiger partial charge in [-0.2, -0.15) is 0 Å². The van der Waals surface area contributed by atoms with Crippen molar-refractivity contribution in [3.63, 3.8) is 0 Å². The predicted molar refractivity (Wildman–Crippen MR) is 64.7 cm³/mol. The van der Waals surface area contributed by atoms with E-state index in [4.69, 9.17) is 0 Å². The van der Waals surface area contributed by atoms with Crippen LogP contribution in [0, 0.1) is 17.8 Å². The summed E-state index contributed by atoms with van der Waals surface area (Å²) >= 11 is 1.88. The molecule has 1 amide bonds. The van der Waals surface area contributed by atoms with E-state index >= 15 is 0 Å². The monoisotopic (exact) mass is 227 g/mol. The molecule has 15 heavy (non-hydrogen) atoms.